The number of anilines is 1. The van der Waals surface area contributed by atoms with Gasteiger partial charge in [0.15, 0.2) is 5.82 Å². The number of hydrogen-bond donors (Lipinski definition) is 1. The Hall–Kier alpha value is -3.02. The topological polar surface area (TPSA) is 46.9 Å². The summed E-state index contributed by atoms with van der Waals surface area (Å²) in [6.45, 7) is 0. The van der Waals surface area contributed by atoms with E-state index in [0.29, 0.717) is 17.1 Å². The van der Waals surface area contributed by atoms with Gasteiger partial charge in [0.1, 0.15) is 11.6 Å². The number of amides is 1. The van der Waals surface area contributed by atoms with E-state index in [1.54, 1.807) is 42.6 Å². The highest BCUT2D eigenvalue weighted by molar-refractivity contribution is 5.91. The lowest BCUT2D eigenvalue weighted by atomic mass is 10.1. The maximum atomic E-state index is 13.5. The van der Waals surface area contributed by atoms with E-state index in [-0.39, 0.29) is 18.1 Å². The highest BCUT2D eigenvalue weighted by Gasteiger charge is 2.10. The maximum Gasteiger partial charge on any atom is 0.230 e. The number of hydrogen-bond acceptors (Lipinski definition) is 2. The van der Waals surface area contributed by atoms with Crippen LogP contribution >= 0.6 is 0 Å². The molecule has 0 radical (unpaired) electrons. The van der Waals surface area contributed by atoms with Gasteiger partial charge in [0, 0.05) is 12.3 Å². The first-order valence-corrected chi connectivity index (χ1v) is 6.97. The van der Waals surface area contributed by atoms with E-state index in [0.717, 1.165) is 0 Å². The van der Waals surface area contributed by atoms with Crippen LogP contribution in [0.4, 0.5) is 14.6 Å². The summed E-state index contributed by atoms with van der Waals surface area (Å²) >= 11 is 0. The van der Waals surface area contributed by atoms with Crippen molar-refractivity contribution in [2.24, 2.45) is 0 Å². The van der Waals surface area contributed by atoms with Gasteiger partial charge in [-0.1, -0.05) is 24.3 Å². The maximum absolute atomic E-state index is 13.5. The van der Waals surface area contributed by atoms with Gasteiger partial charge in [0.05, 0.1) is 12.1 Å². The third-order valence-corrected chi connectivity index (χ3v) is 3.24. The van der Waals surface area contributed by atoms with E-state index in [1.165, 1.54) is 22.9 Å². The molecule has 0 aliphatic rings. The Kier molecular flexibility index (Phi) is 4.14. The number of benzene rings is 2. The minimum absolute atomic E-state index is 0.0838. The van der Waals surface area contributed by atoms with Crippen LogP contribution in [0.3, 0.4) is 0 Å². The van der Waals surface area contributed by atoms with Crippen molar-refractivity contribution in [2.75, 3.05) is 5.32 Å². The summed E-state index contributed by atoms with van der Waals surface area (Å²) < 4.78 is 28.2. The van der Waals surface area contributed by atoms with Gasteiger partial charge in [-0.2, -0.15) is 5.10 Å². The third kappa shape index (κ3) is 3.60. The predicted molar refractivity (Wildman–Crippen MR) is 82.3 cm³/mol. The van der Waals surface area contributed by atoms with Crippen LogP contribution in [-0.2, 0) is 11.2 Å². The van der Waals surface area contributed by atoms with Crippen LogP contribution in [0.25, 0.3) is 5.69 Å². The first-order chi connectivity index (χ1) is 11.1. The lowest BCUT2D eigenvalue weighted by molar-refractivity contribution is -0.115. The quantitative estimate of drug-likeness (QED) is 0.803. The van der Waals surface area contributed by atoms with Crippen molar-refractivity contribution in [1.29, 1.82) is 0 Å². The minimum atomic E-state index is -0.423. The number of carbonyl (C=O) groups is 1. The molecule has 0 aliphatic carbocycles. The molecule has 0 saturated heterocycles. The van der Waals surface area contributed by atoms with E-state index in [2.05, 4.69) is 10.4 Å². The number of carbonyl (C=O) groups excluding carboxylic acids is 1. The Morgan fingerprint density at radius 2 is 1.91 bits per heavy atom. The smallest absolute Gasteiger partial charge is 0.230 e. The van der Waals surface area contributed by atoms with Crippen molar-refractivity contribution in [1.82, 2.24) is 9.78 Å². The average Bonchev–Trinajstić information content (AvgIpc) is 2.98. The molecular formula is C17H13F2N3O. The summed E-state index contributed by atoms with van der Waals surface area (Å²) in [4.78, 5) is 11.9. The van der Waals surface area contributed by atoms with Crippen LogP contribution in [-0.4, -0.2) is 15.7 Å². The van der Waals surface area contributed by atoms with Crippen LogP contribution in [0, 0.1) is 11.6 Å². The SMILES string of the molecule is O=C(Cc1ccccc1F)Nc1ccn(-c2cccc(F)c2)n1. The molecule has 1 aromatic heterocycles. The van der Waals surface area contributed by atoms with Crippen molar-refractivity contribution >= 4 is 11.7 Å². The normalized spacial score (nSPS) is 10.5. The Labute approximate surface area is 131 Å². The monoisotopic (exact) mass is 313 g/mol. The number of rotatable bonds is 4. The predicted octanol–water partition coefficient (Wildman–Crippen LogP) is 3.33. The Morgan fingerprint density at radius 1 is 1.09 bits per heavy atom. The van der Waals surface area contributed by atoms with Gasteiger partial charge in [-0.15, -0.1) is 0 Å². The Bertz CT molecular complexity index is 845. The first-order valence-electron chi connectivity index (χ1n) is 6.97. The molecule has 3 rings (SSSR count). The molecule has 23 heavy (non-hydrogen) atoms. The third-order valence-electron chi connectivity index (χ3n) is 3.24. The van der Waals surface area contributed by atoms with Gasteiger partial charge < -0.3 is 5.32 Å². The molecule has 0 fully saturated rings. The average molecular weight is 313 g/mol. The second-order valence-corrected chi connectivity index (χ2v) is 4.94. The molecule has 0 unspecified atom stereocenters. The summed E-state index contributed by atoms with van der Waals surface area (Å²) in [7, 11) is 0. The molecule has 1 amide bonds. The fraction of sp³-hybridized carbons (Fsp3) is 0.0588. The van der Waals surface area contributed by atoms with E-state index >= 15 is 0 Å². The van der Waals surface area contributed by atoms with E-state index in [4.69, 9.17) is 0 Å². The summed E-state index contributed by atoms with van der Waals surface area (Å²) in [5.41, 5.74) is 0.856. The number of nitrogens with zero attached hydrogens (tertiary/aromatic N) is 2. The first kappa shape index (κ1) is 14.9. The molecule has 1 heterocycles. The molecule has 0 atom stereocenters. The molecular weight excluding hydrogens is 300 g/mol. The number of nitrogens with one attached hydrogen (secondary N) is 1. The molecule has 0 bridgehead atoms. The molecule has 0 aliphatic heterocycles. The van der Waals surface area contributed by atoms with Crippen molar-refractivity contribution in [3.63, 3.8) is 0 Å². The van der Waals surface area contributed by atoms with Crippen LogP contribution in [0.1, 0.15) is 5.56 Å². The van der Waals surface area contributed by atoms with Crippen LogP contribution in [0.15, 0.2) is 60.8 Å². The second kappa shape index (κ2) is 6.39. The zero-order valence-corrected chi connectivity index (χ0v) is 12.0. The summed E-state index contributed by atoms with van der Waals surface area (Å²) in [5, 5.41) is 6.74. The minimum Gasteiger partial charge on any atom is -0.309 e. The molecule has 1 N–H and O–H groups in total. The standard InChI is InChI=1S/C17H13F2N3O/c18-13-5-3-6-14(11-13)22-9-8-16(21-22)20-17(23)10-12-4-1-2-7-15(12)19/h1-9,11H,10H2,(H,20,21,23). The highest BCUT2D eigenvalue weighted by Crippen LogP contribution is 2.13. The Balaban J connectivity index is 1.69. The fourth-order valence-electron chi connectivity index (χ4n) is 2.15. The highest BCUT2D eigenvalue weighted by atomic mass is 19.1. The van der Waals surface area contributed by atoms with Gasteiger partial charge in [0.25, 0.3) is 0 Å². The van der Waals surface area contributed by atoms with Gasteiger partial charge in [-0.3, -0.25) is 4.79 Å². The van der Waals surface area contributed by atoms with Gasteiger partial charge in [0.2, 0.25) is 5.91 Å². The molecule has 0 spiro atoms. The molecule has 116 valence electrons. The Morgan fingerprint density at radius 3 is 2.70 bits per heavy atom. The lowest BCUT2D eigenvalue weighted by Gasteiger charge is -2.04. The summed E-state index contributed by atoms with van der Waals surface area (Å²) in [6.07, 6.45) is 1.52. The van der Waals surface area contributed by atoms with Crippen molar-refractivity contribution in [3.8, 4) is 5.69 Å². The van der Waals surface area contributed by atoms with Crippen LogP contribution in [0.2, 0.25) is 0 Å². The number of aromatic nitrogens is 2. The molecule has 4 nitrogen and oxygen atoms in total. The van der Waals surface area contributed by atoms with Crippen molar-refractivity contribution in [2.45, 2.75) is 6.42 Å². The second-order valence-electron chi connectivity index (χ2n) is 4.94. The molecule has 3 aromatic rings. The summed E-state index contributed by atoms with van der Waals surface area (Å²) in [6, 6.07) is 13.6. The van der Waals surface area contributed by atoms with Gasteiger partial charge >= 0.3 is 0 Å². The fourth-order valence-corrected chi connectivity index (χ4v) is 2.15. The largest absolute Gasteiger partial charge is 0.309 e. The van der Waals surface area contributed by atoms with Gasteiger partial charge in [-0.25, -0.2) is 13.5 Å². The van der Waals surface area contributed by atoms with E-state index < -0.39 is 5.82 Å². The molecule has 2 aromatic carbocycles. The molecule has 0 saturated carbocycles. The van der Waals surface area contributed by atoms with Crippen LogP contribution < -0.4 is 5.32 Å². The zero-order chi connectivity index (χ0) is 16.2. The van der Waals surface area contributed by atoms with Crippen molar-refractivity contribution in [3.05, 3.63) is 78.0 Å². The summed E-state index contributed by atoms with van der Waals surface area (Å²) in [5.74, 6) is -0.855. The lowest BCUT2D eigenvalue weighted by Crippen LogP contribution is -2.15. The van der Waals surface area contributed by atoms with Gasteiger partial charge in [-0.05, 0) is 29.8 Å². The number of halogens is 2. The zero-order valence-electron chi connectivity index (χ0n) is 12.0. The van der Waals surface area contributed by atoms with Crippen LogP contribution in [0.5, 0.6) is 0 Å². The van der Waals surface area contributed by atoms with Crippen molar-refractivity contribution < 1.29 is 13.6 Å². The molecule has 6 heteroatoms. The van der Waals surface area contributed by atoms with E-state index in [1.807, 2.05) is 0 Å². The van der Waals surface area contributed by atoms with E-state index in [9.17, 15) is 13.6 Å².